The summed E-state index contributed by atoms with van der Waals surface area (Å²) in [6.07, 6.45) is 8.78. The molecule has 194 valence electrons. The van der Waals surface area contributed by atoms with Crippen molar-refractivity contribution in [2.24, 2.45) is 17.8 Å². The second-order valence-corrected chi connectivity index (χ2v) is 12.2. The number of methoxy groups -OCH3 is 2. The molecule has 2 unspecified atom stereocenters. The van der Waals surface area contributed by atoms with Crippen LogP contribution in [0.3, 0.4) is 0 Å². The van der Waals surface area contributed by atoms with Gasteiger partial charge in [0, 0.05) is 7.11 Å². The Hall–Kier alpha value is -3.15. The van der Waals surface area contributed by atoms with E-state index in [2.05, 4.69) is 36.4 Å². The van der Waals surface area contributed by atoms with Gasteiger partial charge in [0.25, 0.3) is 0 Å². The van der Waals surface area contributed by atoms with Gasteiger partial charge in [0.15, 0.2) is 0 Å². The number of benzene rings is 3. The van der Waals surface area contributed by atoms with Crippen molar-refractivity contribution in [3.05, 3.63) is 83.4 Å². The van der Waals surface area contributed by atoms with E-state index in [1.54, 1.807) is 18.4 Å². The van der Waals surface area contributed by atoms with Crippen LogP contribution in [0, 0.1) is 17.8 Å². The summed E-state index contributed by atoms with van der Waals surface area (Å²) in [5.41, 5.74) is 5.65. The summed E-state index contributed by atoms with van der Waals surface area (Å²) in [5, 5.41) is 0.940. The van der Waals surface area contributed by atoms with Crippen LogP contribution < -0.4 is 9.47 Å². The molecular formula is C33H33NO3S. The number of para-hydroxylation sites is 1. The van der Waals surface area contributed by atoms with Gasteiger partial charge < -0.3 is 14.2 Å². The SMILES string of the molecule is COc1cc(C=C2C3CC4CC(C3)CC2(OC)C4)cc2sc(-c3ccccc3OCc3ccccc3)nc12. The lowest BCUT2D eigenvalue weighted by Crippen LogP contribution is -2.53. The average Bonchev–Trinajstić information content (AvgIpc) is 3.38. The molecule has 0 saturated heterocycles. The van der Waals surface area contributed by atoms with Gasteiger partial charge in [0.2, 0.25) is 0 Å². The van der Waals surface area contributed by atoms with Crippen LogP contribution in [-0.4, -0.2) is 24.8 Å². The number of nitrogens with zero attached hydrogens (tertiary/aromatic N) is 1. The highest BCUT2D eigenvalue weighted by atomic mass is 32.1. The molecule has 1 heterocycles. The zero-order valence-corrected chi connectivity index (χ0v) is 22.8. The lowest BCUT2D eigenvalue weighted by atomic mass is 9.52. The normalized spacial score (nSPS) is 26.8. The minimum absolute atomic E-state index is 0.0785. The molecule has 4 fully saturated rings. The highest BCUT2D eigenvalue weighted by molar-refractivity contribution is 7.21. The fraction of sp³-hybridized carbons (Fsp3) is 0.364. The Morgan fingerprint density at radius 2 is 1.68 bits per heavy atom. The fourth-order valence-corrected chi connectivity index (χ4v) is 8.43. The van der Waals surface area contributed by atoms with Crippen LogP contribution in [0.15, 0.2) is 72.3 Å². The summed E-state index contributed by atoms with van der Waals surface area (Å²) in [5.74, 6) is 3.96. The van der Waals surface area contributed by atoms with Gasteiger partial charge in [-0.1, -0.05) is 48.5 Å². The summed E-state index contributed by atoms with van der Waals surface area (Å²) in [6.45, 7) is 0.522. The molecule has 8 rings (SSSR count). The first kappa shape index (κ1) is 23.9. The van der Waals surface area contributed by atoms with Crippen LogP contribution >= 0.6 is 11.3 Å². The van der Waals surface area contributed by atoms with E-state index in [1.807, 2.05) is 43.5 Å². The molecule has 4 aliphatic carbocycles. The molecule has 3 aromatic carbocycles. The number of hydrogen-bond acceptors (Lipinski definition) is 5. The summed E-state index contributed by atoms with van der Waals surface area (Å²) >= 11 is 1.69. The van der Waals surface area contributed by atoms with E-state index in [0.29, 0.717) is 12.5 Å². The molecule has 2 atom stereocenters. The van der Waals surface area contributed by atoms with Gasteiger partial charge in [-0.3, -0.25) is 0 Å². The Morgan fingerprint density at radius 3 is 2.45 bits per heavy atom. The zero-order valence-electron chi connectivity index (χ0n) is 22.0. The Bertz CT molecular complexity index is 1490. The number of hydrogen-bond donors (Lipinski definition) is 0. The van der Waals surface area contributed by atoms with E-state index in [-0.39, 0.29) is 5.60 Å². The van der Waals surface area contributed by atoms with E-state index < -0.39 is 0 Å². The Balaban J connectivity index is 1.25. The first-order valence-corrected chi connectivity index (χ1v) is 14.5. The largest absolute Gasteiger partial charge is 0.494 e. The second-order valence-electron chi connectivity index (χ2n) is 11.2. The molecule has 5 heteroatoms. The first-order valence-electron chi connectivity index (χ1n) is 13.7. The van der Waals surface area contributed by atoms with Crippen molar-refractivity contribution in [1.82, 2.24) is 4.98 Å². The van der Waals surface area contributed by atoms with Crippen molar-refractivity contribution >= 4 is 27.6 Å². The van der Waals surface area contributed by atoms with Crippen molar-refractivity contribution in [3.63, 3.8) is 0 Å². The molecule has 1 aromatic heterocycles. The number of fused-ring (bicyclic) bond motifs is 1. The van der Waals surface area contributed by atoms with E-state index in [0.717, 1.165) is 49.7 Å². The third-order valence-electron chi connectivity index (χ3n) is 8.87. The summed E-state index contributed by atoms with van der Waals surface area (Å²) in [4.78, 5) is 5.03. The fourth-order valence-electron chi connectivity index (χ4n) is 7.37. The zero-order chi connectivity index (χ0) is 25.7. The number of thiazole rings is 1. The van der Waals surface area contributed by atoms with Crippen LogP contribution in [0.1, 0.15) is 43.2 Å². The van der Waals surface area contributed by atoms with Gasteiger partial charge in [0.1, 0.15) is 28.6 Å². The Morgan fingerprint density at radius 1 is 0.921 bits per heavy atom. The van der Waals surface area contributed by atoms with Crippen molar-refractivity contribution in [2.75, 3.05) is 14.2 Å². The van der Waals surface area contributed by atoms with Crippen LogP contribution in [-0.2, 0) is 11.3 Å². The lowest BCUT2D eigenvalue weighted by molar-refractivity contribution is -0.0997. The highest BCUT2D eigenvalue weighted by Crippen LogP contribution is 2.60. The molecule has 4 bridgehead atoms. The number of aromatic nitrogens is 1. The van der Waals surface area contributed by atoms with Crippen molar-refractivity contribution < 1.29 is 14.2 Å². The minimum Gasteiger partial charge on any atom is -0.494 e. The van der Waals surface area contributed by atoms with Crippen LogP contribution in [0.25, 0.3) is 26.9 Å². The average molecular weight is 524 g/mol. The van der Waals surface area contributed by atoms with Gasteiger partial charge >= 0.3 is 0 Å². The predicted molar refractivity (Wildman–Crippen MR) is 154 cm³/mol. The predicted octanol–water partition coefficient (Wildman–Crippen LogP) is 8.16. The van der Waals surface area contributed by atoms with Gasteiger partial charge in [0.05, 0.1) is 23.0 Å². The van der Waals surface area contributed by atoms with Crippen LogP contribution in [0.5, 0.6) is 11.5 Å². The van der Waals surface area contributed by atoms with Crippen LogP contribution in [0.4, 0.5) is 0 Å². The maximum Gasteiger partial charge on any atom is 0.146 e. The maximum absolute atomic E-state index is 6.29. The Kier molecular flexibility index (Phi) is 6.01. The summed E-state index contributed by atoms with van der Waals surface area (Å²) in [7, 11) is 3.65. The molecule has 4 saturated carbocycles. The molecule has 0 amide bonds. The topological polar surface area (TPSA) is 40.6 Å². The van der Waals surface area contributed by atoms with E-state index >= 15 is 0 Å². The molecular weight excluding hydrogens is 490 g/mol. The maximum atomic E-state index is 6.29. The molecule has 0 radical (unpaired) electrons. The summed E-state index contributed by atoms with van der Waals surface area (Å²) < 4.78 is 19.5. The number of ether oxygens (including phenoxy) is 3. The lowest BCUT2D eigenvalue weighted by Gasteiger charge is -2.57. The third kappa shape index (κ3) is 4.13. The molecule has 4 aromatic rings. The van der Waals surface area contributed by atoms with Gasteiger partial charge in [-0.05, 0) is 90.8 Å². The van der Waals surface area contributed by atoms with Crippen molar-refractivity contribution in [1.29, 1.82) is 0 Å². The van der Waals surface area contributed by atoms with Gasteiger partial charge in [-0.2, -0.15) is 0 Å². The minimum atomic E-state index is -0.0785. The van der Waals surface area contributed by atoms with Gasteiger partial charge in [-0.25, -0.2) is 4.98 Å². The molecule has 0 spiro atoms. The smallest absolute Gasteiger partial charge is 0.146 e. The second kappa shape index (κ2) is 9.55. The Labute approximate surface area is 228 Å². The molecule has 4 nitrogen and oxygen atoms in total. The first-order chi connectivity index (χ1) is 18.6. The molecule has 0 aliphatic heterocycles. The van der Waals surface area contributed by atoms with Crippen molar-refractivity contribution in [3.8, 4) is 22.1 Å². The molecule has 38 heavy (non-hydrogen) atoms. The number of rotatable bonds is 7. The highest BCUT2D eigenvalue weighted by Gasteiger charge is 2.54. The van der Waals surface area contributed by atoms with E-state index in [4.69, 9.17) is 19.2 Å². The monoisotopic (exact) mass is 523 g/mol. The standard InChI is InChI=1S/C33H33NO3S/c1-35-29-16-22(15-27-25-13-23-12-24(14-25)19-33(27,18-23)36-2)17-30-31(29)34-32(38-30)26-10-6-7-11-28(26)37-20-21-8-4-3-5-9-21/h3-11,15-17,23-25H,12-14,18-20H2,1-2H3. The quantitative estimate of drug-likeness (QED) is 0.245. The van der Waals surface area contributed by atoms with E-state index in [1.165, 1.54) is 43.2 Å². The van der Waals surface area contributed by atoms with Crippen LogP contribution in [0.2, 0.25) is 0 Å². The van der Waals surface area contributed by atoms with E-state index in [9.17, 15) is 0 Å². The molecule has 4 aliphatic rings. The summed E-state index contributed by atoms with van der Waals surface area (Å²) in [6, 6.07) is 22.8. The van der Waals surface area contributed by atoms with Gasteiger partial charge in [-0.15, -0.1) is 11.3 Å². The third-order valence-corrected chi connectivity index (χ3v) is 9.91. The molecule has 0 N–H and O–H groups in total. The van der Waals surface area contributed by atoms with Crippen molar-refractivity contribution in [2.45, 2.75) is 44.3 Å².